The summed E-state index contributed by atoms with van der Waals surface area (Å²) in [6.45, 7) is 3.13. The summed E-state index contributed by atoms with van der Waals surface area (Å²) in [7, 11) is 0. The van der Waals surface area contributed by atoms with Crippen molar-refractivity contribution < 1.29 is 10.0 Å². The molecule has 6 heteroatoms. The maximum absolute atomic E-state index is 11.2. The first-order valence-electron chi connectivity index (χ1n) is 7.72. The fourth-order valence-electron chi connectivity index (χ4n) is 2.61. The number of hydrogen-bond donors (Lipinski definition) is 2. The summed E-state index contributed by atoms with van der Waals surface area (Å²) in [6, 6.07) is 11.0. The van der Waals surface area contributed by atoms with E-state index in [-0.39, 0.29) is 28.7 Å². The molecular weight excluding hydrogens is 312 g/mol. The molecule has 0 spiro atoms. The van der Waals surface area contributed by atoms with E-state index >= 15 is 0 Å². The first-order chi connectivity index (χ1) is 11.0. The van der Waals surface area contributed by atoms with Crippen molar-refractivity contribution in [2.75, 3.05) is 13.2 Å². The van der Waals surface area contributed by atoms with E-state index in [0.29, 0.717) is 5.56 Å². The molecule has 0 aliphatic heterocycles. The van der Waals surface area contributed by atoms with Gasteiger partial charge < -0.3 is 10.4 Å². The molecule has 5 nitrogen and oxygen atoms in total. The van der Waals surface area contributed by atoms with E-state index in [0.717, 1.165) is 29.1 Å². The summed E-state index contributed by atoms with van der Waals surface area (Å²) in [5.41, 5.74) is 0.876. The number of rotatable bonds is 7. The lowest BCUT2D eigenvalue weighted by Crippen LogP contribution is -2.28. The molecule has 1 unspecified atom stereocenters. The number of hydrogen-bond acceptors (Lipinski definition) is 5. The van der Waals surface area contributed by atoms with Crippen LogP contribution >= 0.6 is 11.3 Å². The number of para-hydroxylation sites is 1. The van der Waals surface area contributed by atoms with Crippen LogP contribution in [0.3, 0.4) is 0 Å². The molecule has 2 aromatic rings. The van der Waals surface area contributed by atoms with E-state index in [4.69, 9.17) is 0 Å². The van der Waals surface area contributed by atoms with Gasteiger partial charge in [-0.3, -0.25) is 10.1 Å². The average Bonchev–Trinajstić information content (AvgIpc) is 3.18. The summed E-state index contributed by atoms with van der Waals surface area (Å²) in [6.07, 6.45) is 2.16. The zero-order chi connectivity index (χ0) is 16.4. The van der Waals surface area contributed by atoms with Gasteiger partial charge in [0, 0.05) is 40.4 Å². The third-order valence-corrected chi connectivity index (χ3v) is 5.80. The number of thiophene rings is 1. The molecule has 0 saturated heterocycles. The number of nitrogens with one attached hydrogen (secondary N) is 1. The maximum Gasteiger partial charge on any atom is 0.278 e. The highest BCUT2D eigenvalue weighted by Gasteiger charge is 2.41. The number of nitrogens with zero attached hydrogens (tertiary/aromatic N) is 1. The van der Waals surface area contributed by atoms with Gasteiger partial charge in [-0.25, -0.2) is 0 Å². The van der Waals surface area contributed by atoms with E-state index in [1.807, 2.05) is 18.2 Å². The Morgan fingerprint density at radius 1 is 1.35 bits per heavy atom. The van der Waals surface area contributed by atoms with Crippen LogP contribution in [0.15, 0.2) is 36.4 Å². The number of benzene rings is 1. The first-order valence-corrected chi connectivity index (χ1v) is 8.54. The predicted octanol–water partition coefficient (Wildman–Crippen LogP) is 3.75. The molecule has 1 aliphatic carbocycles. The molecule has 1 aliphatic rings. The average molecular weight is 332 g/mol. The summed E-state index contributed by atoms with van der Waals surface area (Å²) in [4.78, 5) is 12.9. The fraction of sp³-hybridized carbons (Fsp3) is 0.412. The van der Waals surface area contributed by atoms with Gasteiger partial charge in [0.1, 0.15) is 0 Å². The molecule has 0 radical (unpaired) electrons. The number of aliphatic hydroxyl groups excluding tert-OH is 1. The molecule has 1 aromatic carbocycles. The highest BCUT2D eigenvalue weighted by Crippen LogP contribution is 2.45. The Morgan fingerprint density at radius 2 is 2.09 bits per heavy atom. The Kier molecular flexibility index (Phi) is 4.48. The zero-order valence-electron chi connectivity index (χ0n) is 13.0. The largest absolute Gasteiger partial charge is 0.396 e. The van der Waals surface area contributed by atoms with Gasteiger partial charge in [-0.1, -0.05) is 12.1 Å². The lowest BCUT2D eigenvalue weighted by atomic mass is 10.1. The normalized spacial score (nSPS) is 17.0. The lowest BCUT2D eigenvalue weighted by molar-refractivity contribution is -0.384. The second kappa shape index (κ2) is 6.39. The highest BCUT2D eigenvalue weighted by molar-refractivity contribution is 7.15. The van der Waals surface area contributed by atoms with Crippen LogP contribution in [0.25, 0.3) is 10.4 Å². The van der Waals surface area contributed by atoms with Crippen molar-refractivity contribution in [2.45, 2.75) is 25.8 Å². The molecule has 1 atom stereocenters. The third kappa shape index (κ3) is 3.44. The van der Waals surface area contributed by atoms with Crippen molar-refractivity contribution in [3.05, 3.63) is 51.4 Å². The molecular formula is C17H20N2O3S. The summed E-state index contributed by atoms with van der Waals surface area (Å²) in [5, 5.41) is 24.0. The topological polar surface area (TPSA) is 75.4 Å². The molecule has 0 amide bonds. The molecule has 122 valence electrons. The minimum atomic E-state index is -0.339. The van der Waals surface area contributed by atoms with Crippen LogP contribution in [0.2, 0.25) is 0 Å². The van der Waals surface area contributed by atoms with Crippen molar-refractivity contribution >= 4 is 17.0 Å². The lowest BCUT2D eigenvalue weighted by Gasteiger charge is -2.17. The van der Waals surface area contributed by atoms with Crippen LogP contribution in [0, 0.1) is 15.5 Å². The Morgan fingerprint density at radius 3 is 2.74 bits per heavy atom. The van der Waals surface area contributed by atoms with E-state index in [9.17, 15) is 15.2 Å². The summed E-state index contributed by atoms with van der Waals surface area (Å²) in [5.74, 6) is 0. The molecule has 0 bridgehead atoms. The van der Waals surface area contributed by atoms with Gasteiger partial charge in [0.2, 0.25) is 0 Å². The van der Waals surface area contributed by atoms with E-state index in [1.165, 1.54) is 6.07 Å². The van der Waals surface area contributed by atoms with Crippen molar-refractivity contribution in [1.29, 1.82) is 0 Å². The van der Waals surface area contributed by atoms with Gasteiger partial charge >= 0.3 is 0 Å². The number of aliphatic hydroxyl groups is 1. The zero-order valence-corrected chi connectivity index (χ0v) is 13.8. The van der Waals surface area contributed by atoms with Crippen LogP contribution in [0.5, 0.6) is 0 Å². The van der Waals surface area contributed by atoms with Crippen LogP contribution in [-0.2, 0) is 0 Å². The molecule has 1 saturated carbocycles. The number of nitro benzene ring substituents is 1. The Bertz CT molecular complexity index is 709. The fourth-order valence-corrected chi connectivity index (χ4v) is 3.68. The van der Waals surface area contributed by atoms with Gasteiger partial charge in [0.25, 0.3) is 5.69 Å². The van der Waals surface area contributed by atoms with E-state index in [2.05, 4.69) is 12.2 Å². The minimum absolute atomic E-state index is 0.0760. The first kappa shape index (κ1) is 16.1. The predicted molar refractivity (Wildman–Crippen MR) is 91.6 cm³/mol. The van der Waals surface area contributed by atoms with E-state index < -0.39 is 0 Å². The van der Waals surface area contributed by atoms with Gasteiger partial charge in [-0.15, -0.1) is 11.3 Å². The second-order valence-electron chi connectivity index (χ2n) is 6.24. The van der Waals surface area contributed by atoms with Gasteiger partial charge in [0.05, 0.1) is 10.5 Å². The Hall–Kier alpha value is -1.76. The third-order valence-electron chi connectivity index (χ3n) is 4.50. The smallest absolute Gasteiger partial charge is 0.278 e. The molecule has 1 fully saturated rings. The molecule has 1 aromatic heterocycles. The van der Waals surface area contributed by atoms with Gasteiger partial charge in [-0.2, -0.15) is 0 Å². The monoisotopic (exact) mass is 332 g/mol. The molecule has 3 rings (SSSR count). The van der Waals surface area contributed by atoms with Crippen LogP contribution in [-0.4, -0.2) is 23.2 Å². The highest BCUT2D eigenvalue weighted by atomic mass is 32.1. The van der Waals surface area contributed by atoms with E-state index in [1.54, 1.807) is 23.5 Å². The van der Waals surface area contributed by atoms with Crippen LogP contribution in [0.1, 0.15) is 30.7 Å². The second-order valence-corrected chi connectivity index (χ2v) is 7.35. The Balaban J connectivity index is 1.74. The SMILES string of the molecule is CC(NCC1(CO)CC1)c1ccc(-c2ccccc2[N+](=O)[O-])s1. The van der Waals surface area contributed by atoms with Crippen LogP contribution < -0.4 is 5.32 Å². The van der Waals surface area contributed by atoms with Crippen molar-refractivity contribution in [2.24, 2.45) is 5.41 Å². The quantitative estimate of drug-likeness (QED) is 0.598. The van der Waals surface area contributed by atoms with Gasteiger partial charge in [-0.05, 0) is 38.0 Å². The van der Waals surface area contributed by atoms with Crippen molar-refractivity contribution in [3.8, 4) is 10.4 Å². The molecule has 2 N–H and O–H groups in total. The summed E-state index contributed by atoms with van der Waals surface area (Å²) >= 11 is 1.57. The van der Waals surface area contributed by atoms with Crippen LogP contribution in [0.4, 0.5) is 5.69 Å². The Labute approximate surface area is 139 Å². The standard InChI is InChI=1S/C17H20N2O3S/c1-12(18-10-17(11-20)8-9-17)15-6-7-16(23-15)13-4-2-3-5-14(13)19(21)22/h2-7,12,18,20H,8-11H2,1H3. The van der Waals surface area contributed by atoms with Crippen molar-refractivity contribution in [3.63, 3.8) is 0 Å². The minimum Gasteiger partial charge on any atom is -0.396 e. The number of nitro groups is 1. The van der Waals surface area contributed by atoms with Crippen molar-refractivity contribution in [1.82, 2.24) is 5.32 Å². The van der Waals surface area contributed by atoms with Gasteiger partial charge in [0.15, 0.2) is 0 Å². The maximum atomic E-state index is 11.2. The summed E-state index contributed by atoms with van der Waals surface area (Å²) < 4.78 is 0. The molecule has 23 heavy (non-hydrogen) atoms. The molecule has 1 heterocycles.